The van der Waals surface area contributed by atoms with E-state index in [1.54, 1.807) is 0 Å². The van der Waals surface area contributed by atoms with Crippen LogP contribution < -0.4 is 5.32 Å². The van der Waals surface area contributed by atoms with Gasteiger partial charge in [-0.1, -0.05) is 28.9 Å². The van der Waals surface area contributed by atoms with Crippen LogP contribution >= 0.6 is 15.9 Å². The van der Waals surface area contributed by atoms with Crippen LogP contribution in [0.1, 0.15) is 24.9 Å². The van der Waals surface area contributed by atoms with Gasteiger partial charge in [0.1, 0.15) is 5.82 Å². The Hall–Kier alpha value is -0.450. The number of halogens is 2. The lowest BCUT2D eigenvalue weighted by atomic mass is 9.92. The van der Waals surface area contributed by atoms with Crippen molar-refractivity contribution >= 4 is 15.9 Å². The maximum absolute atomic E-state index is 13.1. The standard InChI is InChI=1S/C13H17BrFNO/c1-2-16-13(9-5-6-17-8-9)11-4-3-10(15)7-12(11)14/h3-4,7,9,13,16H,2,5-6,8H2,1H3. The molecule has 1 fully saturated rings. The monoisotopic (exact) mass is 301 g/mol. The van der Waals surface area contributed by atoms with E-state index in [1.807, 2.05) is 6.07 Å². The van der Waals surface area contributed by atoms with Crippen molar-refractivity contribution in [3.8, 4) is 0 Å². The van der Waals surface area contributed by atoms with Gasteiger partial charge in [0.05, 0.1) is 6.61 Å². The Morgan fingerprint density at radius 1 is 1.59 bits per heavy atom. The Morgan fingerprint density at radius 2 is 2.41 bits per heavy atom. The lowest BCUT2D eigenvalue weighted by Crippen LogP contribution is -2.28. The minimum absolute atomic E-state index is 0.210. The highest BCUT2D eigenvalue weighted by Crippen LogP contribution is 2.33. The van der Waals surface area contributed by atoms with Crippen molar-refractivity contribution in [1.82, 2.24) is 5.32 Å². The van der Waals surface area contributed by atoms with Crippen LogP contribution in [0.4, 0.5) is 4.39 Å². The molecule has 0 aliphatic carbocycles. The molecule has 94 valence electrons. The minimum Gasteiger partial charge on any atom is -0.381 e. The predicted octanol–water partition coefficient (Wildman–Crippen LogP) is 3.28. The first-order chi connectivity index (χ1) is 8.22. The summed E-state index contributed by atoms with van der Waals surface area (Å²) in [5.74, 6) is 0.259. The number of nitrogens with one attached hydrogen (secondary N) is 1. The van der Waals surface area contributed by atoms with Crippen LogP contribution in [0.5, 0.6) is 0 Å². The van der Waals surface area contributed by atoms with Gasteiger partial charge in [-0.05, 0) is 30.7 Å². The van der Waals surface area contributed by atoms with Crippen LogP contribution in [0.2, 0.25) is 0 Å². The first-order valence-electron chi connectivity index (χ1n) is 5.98. The van der Waals surface area contributed by atoms with Crippen LogP contribution in [0, 0.1) is 11.7 Å². The quantitative estimate of drug-likeness (QED) is 0.921. The first kappa shape index (κ1) is 13.0. The number of hydrogen-bond acceptors (Lipinski definition) is 2. The lowest BCUT2D eigenvalue weighted by molar-refractivity contribution is 0.177. The number of ether oxygens (including phenoxy) is 1. The number of hydrogen-bond donors (Lipinski definition) is 1. The van der Waals surface area contributed by atoms with Gasteiger partial charge in [-0.3, -0.25) is 0 Å². The van der Waals surface area contributed by atoms with Crippen LogP contribution in [0.25, 0.3) is 0 Å². The van der Waals surface area contributed by atoms with E-state index in [-0.39, 0.29) is 11.9 Å². The maximum Gasteiger partial charge on any atom is 0.124 e. The van der Waals surface area contributed by atoms with E-state index in [0.29, 0.717) is 5.92 Å². The van der Waals surface area contributed by atoms with Crippen molar-refractivity contribution < 1.29 is 9.13 Å². The molecule has 0 saturated carbocycles. The van der Waals surface area contributed by atoms with E-state index >= 15 is 0 Å². The molecule has 0 radical (unpaired) electrons. The van der Waals surface area contributed by atoms with Crippen molar-refractivity contribution in [1.29, 1.82) is 0 Å². The van der Waals surface area contributed by atoms with Gasteiger partial charge in [0.15, 0.2) is 0 Å². The first-order valence-corrected chi connectivity index (χ1v) is 6.77. The third-order valence-corrected chi connectivity index (χ3v) is 3.84. The summed E-state index contributed by atoms with van der Waals surface area (Å²) in [4.78, 5) is 0. The van der Waals surface area contributed by atoms with Crippen LogP contribution in [-0.2, 0) is 4.74 Å². The van der Waals surface area contributed by atoms with E-state index in [4.69, 9.17) is 4.74 Å². The highest BCUT2D eigenvalue weighted by molar-refractivity contribution is 9.10. The van der Waals surface area contributed by atoms with Crippen LogP contribution in [0.15, 0.2) is 22.7 Å². The average Bonchev–Trinajstić information content (AvgIpc) is 2.80. The van der Waals surface area contributed by atoms with Gasteiger partial charge in [-0.15, -0.1) is 0 Å². The summed E-state index contributed by atoms with van der Waals surface area (Å²) in [5, 5.41) is 3.47. The van der Waals surface area contributed by atoms with Crippen molar-refractivity contribution in [3.63, 3.8) is 0 Å². The molecule has 1 aliphatic heterocycles. The Labute approximate surface area is 110 Å². The largest absolute Gasteiger partial charge is 0.381 e. The predicted molar refractivity (Wildman–Crippen MR) is 69.4 cm³/mol. The molecular weight excluding hydrogens is 285 g/mol. The average molecular weight is 302 g/mol. The van der Waals surface area contributed by atoms with E-state index in [9.17, 15) is 4.39 Å². The molecule has 1 heterocycles. The smallest absolute Gasteiger partial charge is 0.124 e. The number of benzene rings is 1. The molecule has 2 rings (SSSR count). The summed E-state index contributed by atoms with van der Waals surface area (Å²) in [6, 6.07) is 5.12. The fourth-order valence-corrected chi connectivity index (χ4v) is 2.92. The normalized spacial score (nSPS) is 21.7. The molecule has 2 unspecified atom stereocenters. The molecule has 17 heavy (non-hydrogen) atoms. The molecule has 1 aromatic carbocycles. The maximum atomic E-state index is 13.1. The van der Waals surface area contributed by atoms with Gasteiger partial charge >= 0.3 is 0 Å². The van der Waals surface area contributed by atoms with Crippen LogP contribution in [-0.4, -0.2) is 19.8 Å². The summed E-state index contributed by atoms with van der Waals surface area (Å²) in [5.41, 5.74) is 1.11. The number of rotatable bonds is 4. The van der Waals surface area contributed by atoms with Gasteiger partial charge in [0.25, 0.3) is 0 Å². The second-order valence-electron chi connectivity index (χ2n) is 4.32. The zero-order valence-corrected chi connectivity index (χ0v) is 11.5. The molecule has 1 saturated heterocycles. The summed E-state index contributed by atoms with van der Waals surface area (Å²) >= 11 is 3.44. The van der Waals surface area contributed by atoms with Crippen molar-refractivity contribution in [2.75, 3.05) is 19.8 Å². The van der Waals surface area contributed by atoms with Gasteiger partial charge in [0, 0.05) is 23.0 Å². The zero-order valence-electron chi connectivity index (χ0n) is 9.88. The zero-order chi connectivity index (χ0) is 12.3. The summed E-state index contributed by atoms with van der Waals surface area (Å²) in [6.45, 7) is 4.58. The second kappa shape index (κ2) is 5.94. The molecule has 0 bridgehead atoms. The van der Waals surface area contributed by atoms with Crippen molar-refractivity contribution in [2.45, 2.75) is 19.4 Å². The third-order valence-electron chi connectivity index (χ3n) is 3.16. The highest BCUT2D eigenvalue weighted by Gasteiger charge is 2.27. The molecule has 4 heteroatoms. The Kier molecular flexibility index (Phi) is 4.54. The minimum atomic E-state index is -0.210. The van der Waals surface area contributed by atoms with E-state index < -0.39 is 0 Å². The second-order valence-corrected chi connectivity index (χ2v) is 5.18. The molecule has 0 spiro atoms. The van der Waals surface area contributed by atoms with Gasteiger partial charge in [-0.25, -0.2) is 4.39 Å². The van der Waals surface area contributed by atoms with Gasteiger partial charge in [-0.2, -0.15) is 0 Å². The van der Waals surface area contributed by atoms with Gasteiger partial charge < -0.3 is 10.1 Å². The Morgan fingerprint density at radius 3 is 3.00 bits per heavy atom. The summed E-state index contributed by atoms with van der Waals surface area (Å²) < 4.78 is 19.4. The third kappa shape index (κ3) is 3.06. The fourth-order valence-electron chi connectivity index (χ4n) is 2.32. The molecular formula is C13H17BrFNO. The topological polar surface area (TPSA) is 21.3 Å². The summed E-state index contributed by atoms with van der Waals surface area (Å²) in [6.07, 6.45) is 1.06. The molecule has 0 amide bonds. The highest BCUT2D eigenvalue weighted by atomic mass is 79.9. The SMILES string of the molecule is CCNC(c1ccc(F)cc1Br)C1CCOC1. The Bertz CT molecular complexity index is 380. The fraction of sp³-hybridized carbons (Fsp3) is 0.538. The molecule has 1 N–H and O–H groups in total. The van der Waals surface area contributed by atoms with E-state index in [1.165, 1.54) is 12.1 Å². The van der Waals surface area contributed by atoms with E-state index in [0.717, 1.165) is 36.2 Å². The lowest BCUT2D eigenvalue weighted by Gasteiger charge is -2.24. The van der Waals surface area contributed by atoms with Crippen molar-refractivity contribution in [3.05, 3.63) is 34.1 Å². The Balaban J connectivity index is 2.24. The van der Waals surface area contributed by atoms with Crippen molar-refractivity contribution in [2.24, 2.45) is 5.92 Å². The molecule has 2 atom stereocenters. The molecule has 0 aromatic heterocycles. The molecule has 1 aliphatic rings. The molecule has 2 nitrogen and oxygen atoms in total. The van der Waals surface area contributed by atoms with Crippen LogP contribution in [0.3, 0.4) is 0 Å². The van der Waals surface area contributed by atoms with Gasteiger partial charge in [0.2, 0.25) is 0 Å². The summed E-state index contributed by atoms with van der Waals surface area (Å²) in [7, 11) is 0. The van der Waals surface area contributed by atoms with E-state index in [2.05, 4.69) is 28.2 Å². The molecule has 1 aromatic rings.